The first-order valence-electron chi connectivity index (χ1n) is 11.8. The van der Waals surface area contributed by atoms with E-state index in [4.69, 9.17) is 4.74 Å². The van der Waals surface area contributed by atoms with Crippen molar-refractivity contribution in [1.82, 2.24) is 10.2 Å². The minimum absolute atomic E-state index is 0.0285. The topological polar surface area (TPSA) is 70.7 Å². The Morgan fingerprint density at radius 3 is 2.72 bits per heavy atom. The minimum Gasteiger partial charge on any atom is -0.382 e. The molecule has 1 fully saturated rings. The van der Waals surface area contributed by atoms with Gasteiger partial charge >= 0.3 is 0 Å². The number of hydrogen-bond acceptors (Lipinski definition) is 4. The van der Waals surface area contributed by atoms with Gasteiger partial charge in [-0.2, -0.15) is 0 Å². The number of carbonyl (C=O) groups is 2. The Labute approximate surface area is 190 Å². The van der Waals surface area contributed by atoms with Crippen molar-refractivity contribution in [3.05, 3.63) is 65.2 Å². The number of fused-ring (bicyclic) bond motifs is 1. The summed E-state index contributed by atoms with van der Waals surface area (Å²) in [5, 5.41) is 6.68. The highest BCUT2D eigenvalue weighted by molar-refractivity contribution is 5.99. The van der Waals surface area contributed by atoms with Crippen LogP contribution in [-0.4, -0.2) is 42.5 Å². The van der Waals surface area contributed by atoms with E-state index in [1.54, 1.807) is 0 Å². The van der Waals surface area contributed by atoms with Crippen LogP contribution in [0, 0.1) is 0 Å². The SMILES string of the molecule is CCOCCCN1C(=O)c2ccccc2C1Nc1cccc(C(=O)NC2CCCCC2)c1. The Bertz CT molecular complexity index is 939. The predicted molar refractivity (Wildman–Crippen MR) is 126 cm³/mol. The lowest BCUT2D eigenvalue weighted by Crippen LogP contribution is -2.36. The van der Waals surface area contributed by atoms with E-state index < -0.39 is 0 Å². The predicted octanol–water partition coefficient (Wildman–Crippen LogP) is 4.74. The molecule has 2 N–H and O–H groups in total. The Morgan fingerprint density at radius 2 is 1.91 bits per heavy atom. The Hall–Kier alpha value is -2.86. The summed E-state index contributed by atoms with van der Waals surface area (Å²) < 4.78 is 5.46. The molecule has 2 aromatic carbocycles. The third kappa shape index (κ3) is 5.13. The van der Waals surface area contributed by atoms with Crippen molar-refractivity contribution in [1.29, 1.82) is 0 Å². The fourth-order valence-electron chi connectivity index (χ4n) is 4.66. The largest absolute Gasteiger partial charge is 0.382 e. The lowest BCUT2D eigenvalue weighted by molar-refractivity contribution is 0.0708. The van der Waals surface area contributed by atoms with Crippen LogP contribution < -0.4 is 10.6 Å². The summed E-state index contributed by atoms with van der Waals surface area (Å²) in [6, 6.07) is 15.6. The summed E-state index contributed by atoms with van der Waals surface area (Å²) in [6.07, 6.45) is 6.24. The molecule has 2 aliphatic rings. The Morgan fingerprint density at radius 1 is 1.09 bits per heavy atom. The van der Waals surface area contributed by atoms with Gasteiger partial charge in [-0.3, -0.25) is 9.59 Å². The van der Waals surface area contributed by atoms with Crippen LogP contribution in [0.15, 0.2) is 48.5 Å². The van der Waals surface area contributed by atoms with E-state index in [0.717, 1.165) is 36.1 Å². The molecule has 0 aromatic heterocycles. The second-order valence-corrected chi connectivity index (χ2v) is 8.57. The van der Waals surface area contributed by atoms with Crippen LogP contribution in [0.5, 0.6) is 0 Å². The molecule has 1 atom stereocenters. The fourth-order valence-corrected chi connectivity index (χ4v) is 4.66. The standard InChI is InChI=1S/C26H33N3O3/c1-2-32-17-9-16-29-24(22-14-6-7-15-23(22)26(29)31)27-21-13-8-10-19(18-21)25(30)28-20-11-4-3-5-12-20/h6-8,10,13-15,18,20,24,27H,2-5,9,11-12,16-17H2,1H3,(H,28,30). The summed E-state index contributed by atoms with van der Waals surface area (Å²) in [5.74, 6) is -0.00202. The maximum atomic E-state index is 13.0. The zero-order valence-corrected chi connectivity index (χ0v) is 18.8. The van der Waals surface area contributed by atoms with Crippen LogP contribution in [0.4, 0.5) is 5.69 Å². The fraction of sp³-hybridized carbons (Fsp3) is 0.462. The summed E-state index contributed by atoms with van der Waals surface area (Å²) in [7, 11) is 0. The molecule has 0 saturated heterocycles. The summed E-state index contributed by atoms with van der Waals surface area (Å²) in [6.45, 7) is 3.87. The summed E-state index contributed by atoms with van der Waals surface area (Å²) >= 11 is 0. The van der Waals surface area contributed by atoms with E-state index >= 15 is 0 Å². The molecule has 0 spiro atoms. The molecule has 4 rings (SSSR count). The summed E-state index contributed by atoms with van der Waals surface area (Å²) in [4.78, 5) is 27.7. The number of ether oxygens (including phenoxy) is 1. The van der Waals surface area contributed by atoms with E-state index in [9.17, 15) is 9.59 Å². The highest BCUT2D eigenvalue weighted by atomic mass is 16.5. The maximum absolute atomic E-state index is 13.0. The number of anilines is 1. The molecule has 1 saturated carbocycles. The normalized spacial score (nSPS) is 18.5. The van der Waals surface area contributed by atoms with Gasteiger partial charge in [0.25, 0.3) is 11.8 Å². The van der Waals surface area contributed by atoms with Gasteiger partial charge in [0.1, 0.15) is 6.17 Å². The summed E-state index contributed by atoms with van der Waals surface area (Å²) in [5.41, 5.74) is 3.16. The van der Waals surface area contributed by atoms with Gasteiger partial charge in [0.05, 0.1) is 0 Å². The molecule has 1 heterocycles. The van der Waals surface area contributed by atoms with Gasteiger partial charge in [0.2, 0.25) is 0 Å². The highest BCUT2D eigenvalue weighted by Crippen LogP contribution is 2.34. The molecule has 2 aromatic rings. The highest BCUT2D eigenvalue weighted by Gasteiger charge is 2.36. The number of hydrogen-bond donors (Lipinski definition) is 2. The smallest absolute Gasteiger partial charge is 0.256 e. The Balaban J connectivity index is 1.48. The van der Waals surface area contributed by atoms with Gasteiger partial charge in [0.15, 0.2) is 0 Å². The van der Waals surface area contributed by atoms with Gasteiger partial charge in [-0.25, -0.2) is 0 Å². The molecule has 1 unspecified atom stereocenters. The van der Waals surface area contributed by atoms with Crippen molar-refractivity contribution >= 4 is 17.5 Å². The minimum atomic E-state index is -0.267. The molecule has 0 bridgehead atoms. The molecule has 2 amide bonds. The molecule has 1 aliphatic carbocycles. The molecule has 6 heteroatoms. The maximum Gasteiger partial charge on any atom is 0.256 e. The van der Waals surface area contributed by atoms with Crippen molar-refractivity contribution in [2.75, 3.05) is 25.1 Å². The van der Waals surface area contributed by atoms with Crippen molar-refractivity contribution in [3.63, 3.8) is 0 Å². The second-order valence-electron chi connectivity index (χ2n) is 8.57. The average molecular weight is 436 g/mol. The van der Waals surface area contributed by atoms with E-state index in [0.29, 0.717) is 25.3 Å². The zero-order valence-electron chi connectivity index (χ0n) is 18.8. The molecular weight excluding hydrogens is 402 g/mol. The third-order valence-electron chi connectivity index (χ3n) is 6.32. The first kappa shape index (κ1) is 22.3. The van der Waals surface area contributed by atoms with Crippen molar-refractivity contribution in [2.45, 2.75) is 57.7 Å². The number of carbonyl (C=O) groups excluding carboxylic acids is 2. The van der Waals surface area contributed by atoms with E-state index in [1.165, 1.54) is 19.3 Å². The molecule has 0 radical (unpaired) electrons. The average Bonchev–Trinajstić information content (AvgIpc) is 3.09. The first-order valence-corrected chi connectivity index (χ1v) is 11.8. The number of benzene rings is 2. The van der Waals surface area contributed by atoms with Crippen LogP contribution in [0.1, 0.15) is 77.9 Å². The van der Waals surface area contributed by atoms with E-state index in [-0.39, 0.29) is 24.0 Å². The number of nitrogens with one attached hydrogen (secondary N) is 2. The lowest BCUT2D eigenvalue weighted by atomic mass is 9.95. The molecule has 1 aliphatic heterocycles. The lowest BCUT2D eigenvalue weighted by Gasteiger charge is -2.27. The van der Waals surface area contributed by atoms with Gasteiger partial charge in [-0.15, -0.1) is 0 Å². The van der Waals surface area contributed by atoms with E-state index in [2.05, 4.69) is 10.6 Å². The second kappa shape index (κ2) is 10.6. The third-order valence-corrected chi connectivity index (χ3v) is 6.32. The van der Waals surface area contributed by atoms with Crippen LogP contribution in [0.25, 0.3) is 0 Å². The monoisotopic (exact) mass is 435 g/mol. The zero-order chi connectivity index (χ0) is 22.3. The Kier molecular flexibility index (Phi) is 7.43. The van der Waals surface area contributed by atoms with Gasteiger partial charge in [0, 0.05) is 48.2 Å². The molecule has 170 valence electrons. The quantitative estimate of drug-likeness (QED) is 0.558. The van der Waals surface area contributed by atoms with Gasteiger partial charge in [-0.05, 0) is 50.5 Å². The van der Waals surface area contributed by atoms with Crippen molar-refractivity contribution < 1.29 is 14.3 Å². The van der Waals surface area contributed by atoms with Crippen LogP contribution in [0.2, 0.25) is 0 Å². The van der Waals surface area contributed by atoms with E-state index in [1.807, 2.05) is 60.4 Å². The molecule has 32 heavy (non-hydrogen) atoms. The van der Waals surface area contributed by atoms with Crippen LogP contribution >= 0.6 is 0 Å². The van der Waals surface area contributed by atoms with Gasteiger partial charge in [-0.1, -0.05) is 43.5 Å². The van der Waals surface area contributed by atoms with Crippen LogP contribution in [0.3, 0.4) is 0 Å². The number of rotatable bonds is 9. The molecule has 6 nitrogen and oxygen atoms in total. The van der Waals surface area contributed by atoms with Crippen molar-refractivity contribution in [3.8, 4) is 0 Å². The molecular formula is C26H33N3O3. The number of nitrogens with zero attached hydrogens (tertiary/aromatic N) is 1. The van der Waals surface area contributed by atoms with Gasteiger partial charge < -0.3 is 20.3 Å². The first-order chi connectivity index (χ1) is 15.7. The van der Waals surface area contributed by atoms with Crippen LogP contribution in [-0.2, 0) is 4.74 Å². The van der Waals surface area contributed by atoms with Crippen molar-refractivity contribution in [2.24, 2.45) is 0 Å². The number of amides is 2.